The van der Waals surface area contributed by atoms with E-state index in [2.05, 4.69) is 10.4 Å². The fraction of sp³-hybridized carbons (Fsp3) is 0.600. The normalized spacial score (nSPS) is 10.6. The second-order valence-corrected chi connectivity index (χ2v) is 3.69. The van der Waals surface area contributed by atoms with Crippen molar-refractivity contribution in [3.05, 3.63) is 11.9 Å². The molecule has 1 rings (SSSR count). The van der Waals surface area contributed by atoms with E-state index in [1.54, 1.807) is 13.3 Å². The Morgan fingerprint density at radius 2 is 2.41 bits per heavy atom. The number of aryl methyl sites for hydroxylation is 1. The smallest absolute Gasteiger partial charge is 0.231 e. The summed E-state index contributed by atoms with van der Waals surface area (Å²) in [6.07, 6.45) is 2.47. The first-order chi connectivity index (χ1) is 8.15. The second-order valence-electron chi connectivity index (χ2n) is 3.69. The van der Waals surface area contributed by atoms with Crippen LogP contribution in [0, 0.1) is 0 Å². The highest BCUT2D eigenvalue weighted by Gasteiger charge is 2.07. The molecule has 1 aromatic heterocycles. The number of nitrogens with one attached hydrogen (secondary N) is 1. The standard InChI is InChI=1S/C10H19N5O2/c1-17-4-2-3-15-9(8(11)5-14-15)6-13-7-10(12)16/h5,13H,2-4,6-7,11H2,1H3,(H2,12,16). The maximum Gasteiger partial charge on any atom is 0.231 e. The second kappa shape index (κ2) is 6.87. The van der Waals surface area contributed by atoms with Gasteiger partial charge < -0.3 is 21.5 Å². The monoisotopic (exact) mass is 241 g/mol. The van der Waals surface area contributed by atoms with Gasteiger partial charge in [0, 0.05) is 26.8 Å². The van der Waals surface area contributed by atoms with Crippen molar-refractivity contribution in [3.8, 4) is 0 Å². The summed E-state index contributed by atoms with van der Waals surface area (Å²) in [6, 6.07) is 0. The van der Waals surface area contributed by atoms with Crippen LogP contribution >= 0.6 is 0 Å². The summed E-state index contributed by atoms with van der Waals surface area (Å²) in [5, 5.41) is 7.08. The van der Waals surface area contributed by atoms with E-state index in [1.165, 1.54) is 0 Å². The number of methoxy groups -OCH3 is 1. The van der Waals surface area contributed by atoms with E-state index in [0.29, 0.717) is 18.8 Å². The molecule has 1 aromatic rings. The molecule has 0 atom stereocenters. The van der Waals surface area contributed by atoms with Crippen molar-refractivity contribution >= 4 is 11.6 Å². The lowest BCUT2D eigenvalue weighted by Gasteiger charge is -2.08. The van der Waals surface area contributed by atoms with Gasteiger partial charge in [-0.1, -0.05) is 0 Å². The fourth-order valence-corrected chi connectivity index (χ4v) is 1.47. The number of carbonyl (C=O) groups excluding carboxylic acids is 1. The van der Waals surface area contributed by atoms with Gasteiger partial charge in [-0.15, -0.1) is 0 Å². The molecule has 0 aliphatic rings. The van der Waals surface area contributed by atoms with Crippen molar-refractivity contribution < 1.29 is 9.53 Å². The maximum absolute atomic E-state index is 10.6. The molecule has 7 nitrogen and oxygen atoms in total. The third kappa shape index (κ3) is 4.41. The van der Waals surface area contributed by atoms with Gasteiger partial charge in [-0.3, -0.25) is 9.48 Å². The van der Waals surface area contributed by atoms with E-state index in [0.717, 1.165) is 18.7 Å². The number of nitrogens with zero attached hydrogens (tertiary/aromatic N) is 2. The number of primary amides is 1. The van der Waals surface area contributed by atoms with Gasteiger partial charge in [0.15, 0.2) is 0 Å². The predicted octanol–water partition coefficient (Wildman–Crippen LogP) is -0.923. The van der Waals surface area contributed by atoms with Crippen molar-refractivity contribution in [1.29, 1.82) is 0 Å². The topological polar surface area (TPSA) is 108 Å². The predicted molar refractivity (Wildman–Crippen MR) is 64.0 cm³/mol. The van der Waals surface area contributed by atoms with Crippen molar-refractivity contribution in [2.24, 2.45) is 5.73 Å². The molecule has 1 amide bonds. The first-order valence-electron chi connectivity index (χ1n) is 5.43. The highest BCUT2D eigenvalue weighted by atomic mass is 16.5. The SMILES string of the molecule is COCCCn1ncc(N)c1CNCC(N)=O. The number of amides is 1. The number of aromatic nitrogens is 2. The van der Waals surface area contributed by atoms with Crippen molar-refractivity contribution in [2.75, 3.05) is 26.0 Å². The Kier molecular flexibility index (Phi) is 5.44. The Labute approximate surface area is 100 Å². The first kappa shape index (κ1) is 13.5. The summed E-state index contributed by atoms with van der Waals surface area (Å²) in [5.41, 5.74) is 12.3. The third-order valence-electron chi connectivity index (χ3n) is 2.29. The van der Waals surface area contributed by atoms with E-state index in [-0.39, 0.29) is 6.54 Å². The Hall–Kier alpha value is -1.60. The van der Waals surface area contributed by atoms with Gasteiger partial charge >= 0.3 is 0 Å². The van der Waals surface area contributed by atoms with Crippen LogP contribution in [0.25, 0.3) is 0 Å². The number of nitrogen functional groups attached to an aromatic ring is 1. The zero-order valence-corrected chi connectivity index (χ0v) is 9.98. The number of ether oxygens (including phenoxy) is 1. The largest absolute Gasteiger partial charge is 0.396 e. The van der Waals surface area contributed by atoms with Gasteiger partial charge in [0.2, 0.25) is 5.91 Å². The Morgan fingerprint density at radius 3 is 3.06 bits per heavy atom. The number of rotatable bonds is 8. The minimum Gasteiger partial charge on any atom is -0.396 e. The lowest BCUT2D eigenvalue weighted by atomic mass is 10.3. The molecule has 0 saturated heterocycles. The molecule has 17 heavy (non-hydrogen) atoms. The first-order valence-corrected chi connectivity index (χ1v) is 5.43. The zero-order valence-electron chi connectivity index (χ0n) is 9.98. The summed E-state index contributed by atoms with van der Waals surface area (Å²) >= 11 is 0. The van der Waals surface area contributed by atoms with Gasteiger partial charge in [0.25, 0.3) is 0 Å². The highest BCUT2D eigenvalue weighted by Crippen LogP contribution is 2.10. The number of hydrogen-bond donors (Lipinski definition) is 3. The minimum atomic E-state index is -0.394. The quantitative estimate of drug-likeness (QED) is 0.510. The molecule has 0 aliphatic heterocycles. The minimum absolute atomic E-state index is 0.128. The molecule has 0 unspecified atom stereocenters. The Bertz CT molecular complexity index is 364. The Balaban J connectivity index is 2.50. The van der Waals surface area contributed by atoms with Crippen LogP contribution in [0.2, 0.25) is 0 Å². The van der Waals surface area contributed by atoms with Gasteiger partial charge in [0.05, 0.1) is 24.1 Å². The average Bonchev–Trinajstić information content (AvgIpc) is 2.61. The van der Waals surface area contributed by atoms with E-state index >= 15 is 0 Å². The maximum atomic E-state index is 10.6. The molecular formula is C10H19N5O2. The van der Waals surface area contributed by atoms with Crippen molar-refractivity contribution in [3.63, 3.8) is 0 Å². The fourth-order valence-electron chi connectivity index (χ4n) is 1.47. The van der Waals surface area contributed by atoms with Crippen molar-refractivity contribution in [2.45, 2.75) is 19.5 Å². The summed E-state index contributed by atoms with van der Waals surface area (Å²) < 4.78 is 6.78. The van der Waals surface area contributed by atoms with Crippen LogP contribution in [-0.2, 0) is 22.6 Å². The summed E-state index contributed by atoms with van der Waals surface area (Å²) in [4.78, 5) is 10.6. The number of carbonyl (C=O) groups is 1. The molecule has 0 bridgehead atoms. The van der Waals surface area contributed by atoms with E-state index in [9.17, 15) is 4.79 Å². The van der Waals surface area contributed by atoms with E-state index < -0.39 is 5.91 Å². The molecule has 1 heterocycles. The van der Waals surface area contributed by atoms with Crippen LogP contribution in [-0.4, -0.2) is 35.9 Å². The number of anilines is 1. The molecule has 0 radical (unpaired) electrons. The number of nitrogens with two attached hydrogens (primary N) is 2. The summed E-state index contributed by atoms with van der Waals surface area (Å²) in [6.45, 7) is 2.01. The highest BCUT2D eigenvalue weighted by molar-refractivity contribution is 5.75. The average molecular weight is 241 g/mol. The van der Waals surface area contributed by atoms with Gasteiger partial charge in [0.1, 0.15) is 0 Å². The van der Waals surface area contributed by atoms with Crippen LogP contribution in [0.5, 0.6) is 0 Å². The molecule has 7 heteroatoms. The third-order valence-corrected chi connectivity index (χ3v) is 2.29. The molecule has 0 spiro atoms. The van der Waals surface area contributed by atoms with Crippen molar-refractivity contribution in [1.82, 2.24) is 15.1 Å². The van der Waals surface area contributed by atoms with E-state index in [1.807, 2.05) is 4.68 Å². The molecule has 0 saturated carbocycles. The van der Waals surface area contributed by atoms with Gasteiger partial charge in [-0.25, -0.2) is 0 Å². The summed E-state index contributed by atoms with van der Waals surface area (Å²) in [5.74, 6) is -0.394. The van der Waals surface area contributed by atoms with Crippen LogP contribution in [0.1, 0.15) is 12.1 Å². The molecular weight excluding hydrogens is 222 g/mol. The van der Waals surface area contributed by atoms with Gasteiger partial charge in [-0.2, -0.15) is 5.10 Å². The van der Waals surface area contributed by atoms with Crippen LogP contribution in [0.4, 0.5) is 5.69 Å². The Morgan fingerprint density at radius 1 is 1.65 bits per heavy atom. The lowest BCUT2D eigenvalue weighted by Crippen LogP contribution is -2.29. The van der Waals surface area contributed by atoms with Crippen LogP contribution in [0.15, 0.2) is 6.20 Å². The molecule has 96 valence electrons. The van der Waals surface area contributed by atoms with Crippen LogP contribution in [0.3, 0.4) is 0 Å². The molecule has 5 N–H and O–H groups in total. The lowest BCUT2D eigenvalue weighted by molar-refractivity contribution is -0.117. The van der Waals surface area contributed by atoms with Gasteiger partial charge in [-0.05, 0) is 6.42 Å². The zero-order chi connectivity index (χ0) is 12.7. The number of hydrogen-bond acceptors (Lipinski definition) is 5. The molecule has 0 aromatic carbocycles. The van der Waals surface area contributed by atoms with E-state index in [4.69, 9.17) is 16.2 Å². The summed E-state index contributed by atoms with van der Waals surface area (Å²) in [7, 11) is 1.66. The molecule has 0 aliphatic carbocycles. The van der Waals surface area contributed by atoms with Crippen LogP contribution < -0.4 is 16.8 Å². The molecule has 0 fully saturated rings.